The summed E-state index contributed by atoms with van der Waals surface area (Å²) in [6.45, 7) is 14.0. The van der Waals surface area contributed by atoms with Crippen LogP contribution in [0.4, 0.5) is 0 Å². The van der Waals surface area contributed by atoms with E-state index in [1.165, 1.54) is 104 Å². The van der Waals surface area contributed by atoms with Crippen molar-refractivity contribution >= 4 is 54.9 Å². The number of unbranched alkanes of at least 4 members (excludes halogenated alkanes) is 6. The average molecular weight is 778 g/mol. The van der Waals surface area contributed by atoms with Gasteiger partial charge in [0.25, 0.3) is 0 Å². The maximum absolute atomic E-state index is 2.36. The van der Waals surface area contributed by atoms with E-state index in [0.717, 1.165) is 16.7 Å². The molecular weight excluding hydrogens is 710 g/mol. The van der Waals surface area contributed by atoms with E-state index < -0.39 is 39.5 Å². The van der Waals surface area contributed by atoms with Crippen molar-refractivity contribution in [2.45, 2.75) is 152 Å². The summed E-state index contributed by atoms with van der Waals surface area (Å²) >= 11 is -1.93. The predicted octanol–water partition coefficient (Wildman–Crippen LogP) is 10.5. The third-order valence-corrected chi connectivity index (χ3v) is 30.3. The van der Waals surface area contributed by atoms with Crippen molar-refractivity contribution in [2.75, 3.05) is 0 Å². The quantitative estimate of drug-likeness (QED) is 0.113. The second-order valence-corrected chi connectivity index (χ2v) is 33.5. The molecular formula is C37H68SiSn2. The van der Waals surface area contributed by atoms with Gasteiger partial charge in [0.2, 0.25) is 0 Å². The van der Waals surface area contributed by atoms with Crippen LogP contribution in [0.25, 0.3) is 11.1 Å². The third-order valence-electron chi connectivity index (χ3n) is 8.74. The van der Waals surface area contributed by atoms with Crippen LogP contribution in [0, 0.1) is 0 Å². The summed E-state index contributed by atoms with van der Waals surface area (Å²) in [5.41, 5.74) is 5.87. The van der Waals surface area contributed by atoms with E-state index in [9.17, 15) is 0 Å². The van der Waals surface area contributed by atoms with E-state index in [1.807, 2.05) is 0 Å². The Labute approximate surface area is 269 Å². The molecule has 40 heavy (non-hydrogen) atoms. The van der Waals surface area contributed by atoms with E-state index in [1.54, 1.807) is 26.6 Å². The molecule has 0 nitrogen and oxygen atoms in total. The van der Waals surface area contributed by atoms with Crippen LogP contribution in [0.15, 0.2) is 42.5 Å². The monoisotopic (exact) mass is 780 g/mol. The van der Waals surface area contributed by atoms with Gasteiger partial charge in [0.05, 0.1) is 0 Å². The zero-order valence-electron chi connectivity index (χ0n) is 28.1. The van der Waals surface area contributed by atoms with Crippen molar-refractivity contribution in [3.8, 4) is 11.1 Å². The summed E-state index contributed by atoms with van der Waals surface area (Å²) in [5.74, 6) is 0. The molecule has 0 atom stereocenters. The molecule has 0 heterocycles. The van der Waals surface area contributed by atoms with Crippen LogP contribution in [0.2, 0.25) is 26.6 Å². The fourth-order valence-corrected chi connectivity index (χ4v) is 28.4. The van der Waals surface area contributed by atoms with Gasteiger partial charge in [-0.05, 0) is 28.7 Å². The summed E-state index contributed by atoms with van der Waals surface area (Å²) in [6.07, 6.45) is 18.9. The topological polar surface area (TPSA) is 0 Å². The molecule has 0 radical (unpaired) electrons. The second-order valence-electron chi connectivity index (χ2n) is 12.6. The van der Waals surface area contributed by atoms with Crippen molar-refractivity contribution < 1.29 is 0 Å². The van der Waals surface area contributed by atoms with Crippen molar-refractivity contribution in [1.82, 2.24) is 0 Å². The van der Waals surface area contributed by atoms with Crippen LogP contribution in [-0.2, 0) is 6.42 Å². The molecule has 1 aliphatic rings. The zero-order chi connectivity index (χ0) is 29.4. The molecule has 0 aromatic heterocycles. The molecule has 2 aromatic carbocycles. The number of rotatable bonds is 18. The molecule has 228 valence electrons. The normalized spacial score (nSPS) is 11.6. The van der Waals surface area contributed by atoms with E-state index >= 15 is 0 Å². The zero-order valence-corrected chi connectivity index (χ0v) is 36.7. The van der Waals surface area contributed by atoms with Crippen LogP contribution in [-0.4, -0.2) is 49.8 Å². The number of hydrogen-bond donors (Lipinski definition) is 0. The Balaban J connectivity index is 0.000000301. The Morgan fingerprint density at radius 3 is 1.27 bits per heavy atom. The van der Waals surface area contributed by atoms with Gasteiger partial charge in [0.1, 0.15) is 0 Å². The fourth-order valence-electron chi connectivity index (χ4n) is 6.10. The minimum atomic E-state index is -0.967. The Morgan fingerprint density at radius 2 is 0.875 bits per heavy atom. The summed E-state index contributed by atoms with van der Waals surface area (Å²) in [6, 6.07) is 15.6. The maximum Gasteiger partial charge on any atom is 0.0385 e. The molecule has 0 amide bonds. The summed E-state index contributed by atoms with van der Waals surface area (Å²) in [5, 5.41) is 1.50. The largest absolute Gasteiger partial charge is 0.0704 e. The van der Waals surface area contributed by atoms with Crippen molar-refractivity contribution in [3.63, 3.8) is 0 Å². The van der Waals surface area contributed by atoms with E-state index in [4.69, 9.17) is 0 Å². The van der Waals surface area contributed by atoms with Gasteiger partial charge in [0.15, 0.2) is 0 Å². The molecule has 3 rings (SSSR count). The van der Waals surface area contributed by atoms with E-state index in [0.29, 0.717) is 0 Å². The van der Waals surface area contributed by atoms with E-state index in [-0.39, 0.29) is 0 Å². The molecule has 0 spiro atoms. The van der Waals surface area contributed by atoms with Gasteiger partial charge in [-0.2, -0.15) is 0 Å². The van der Waals surface area contributed by atoms with E-state index in [2.05, 4.69) is 84.0 Å². The first-order chi connectivity index (χ1) is 19.5. The first-order valence-electron chi connectivity index (χ1n) is 17.7. The minimum absolute atomic E-state index is 0.967. The molecule has 0 unspecified atom stereocenters. The van der Waals surface area contributed by atoms with Crippen LogP contribution in [0.1, 0.15) is 130 Å². The van der Waals surface area contributed by atoms with Crippen molar-refractivity contribution in [1.29, 1.82) is 0 Å². The van der Waals surface area contributed by atoms with Gasteiger partial charge in [-0.15, -0.1) is 0 Å². The van der Waals surface area contributed by atoms with Crippen LogP contribution in [0.3, 0.4) is 0 Å². The van der Waals surface area contributed by atoms with Crippen LogP contribution < -0.4 is 5.19 Å². The van der Waals surface area contributed by atoms with Gasteiger partial charge in [0, 0.05) is 10.2 Å². The Bertz CT molecular complexity index is 803. The molecule has 0 N–H and O–H groups in total. The molecule has 0 aliphatic heterocycles. The third kappa shape index (κ3) is 16.8. The Hall–Kier alpha value is 0.254. The fraction of sp³-hybridized carbons (Fsp3) is 0.676. The minimum Gasteiger partial charge on any atom is -0.0704 e. The van der Waals surface area contributed by atoms with Crippen molar-refractivity contribution in [2.24, 2.45) is 0 Å². The van der Waals surface area contributed by atoms with Gasteiger partial charge in [-0.1, -0.05) is 47.7 Å². The molecule has 2 aromatic rings. The van der Waals surface area contributed by atoms with Gasteiger partial charge in [-0.3, -0.25) is 0 Å². The molecule has 0 saturated carbocycles. The van der Waals surface area contributed by atoms with Crippen molar-refractivity contribution in [3.05, 3.63) is 53.6 Å². The molecule has 0 bridgehead atoms. The Morgan fingerprint density at radius 1 is 0.500 bits per heavy atom. The summed E-state index contributed by atoms with van der Waals surface area (Å²) in [7, 11) is 1.15. The predicted molar refractivity (Wildman–Crippen MR) is 197 cm³/mol. The Kier molecular flexibility index (Phi) is 24.6. The molecule has 3 heteroatoms. The SMILES string of the molecule is CCC[CH2][SnH]([CH2]CCC)[CH2]CCC.CCC[CH2][SnH]([CH2]CCC)[CH2]CCC.[SiH3]c1ccc2c(c1)Cc1ccccc1-2. The van der Waals surface area contributed by atoms with Gasteiger partial charge in [-0.25, -0.2) is 0 Å². The maximum atomic E-state index is 2.36. The summed E-state index contributed by atoms with van der Waals surface area (Å²) in [4.78, 5) is 0. The van der Waals surface area contributed by atoms with Gasteiger partial charge < -0.3 is 0 Å². The first-order valence-corrected chi connectivity index (χ1v) is 32.7. The molecule has 0 fully saturated rings. The standard InChI is InChI=1S/C13H12Si.6C4H9.2Sn.2H/c14-11-5-6-13-10(8-11)7-9-3-1-2-4-12(9)13;6*1-3-4-2;;;;/h1-6,8H,7H2,14H3;6*1,3-4H2,2H3;;;;. The smallest absolute Gasteiger partial charge is 0.0385 e. The summed E-state index contributed by atoms with van der Waals surface area (Å²) < 4.78 is 10.2. The van der Waals surface area contributed by atoms with Crippen LogP contribution in [0.5, 0.6) is 0 Å². The number of benzene rings is 2. The van der Waals surface area contributed by atoms with Gasteiger partial charge >= 0.3 is 185 Å². The first kappa shape index (κ1) is 38.3. The average Bonchev–Trinajstić information content (AvgIpc) is 3.34. The van der Waals surface area contributed by atoms with Crippen LogP contribution >= 0.6 is 0 Å². The molecule has 0 saturated heterocycles. The number of fused-ring (bicyclic) bond motifs is 3. The number of hydrogen-bond acceptors (Lipinski definition) is 0. The second kappa shape index (κ2) is 25.7. The molecule has 1 aliphatic carbocycles.